The van der Waals surface area contributed by atoms with Gasteiger partial charge in [-0.25, -0.2) is 4.98 Å². The molecule has 0 spiro atoms. The summed E-state index contributed by atoms with van der Waals surface area (Å²) in [6.07, 6.45) is 0. The maximum atomic E-state index is 12.8. The number of carbonyl (C=O) groups excluding carboxylic acids is 1. The van der Waals surface area contributed by atoms with Crippen molar-refractivity contribution in [3.63, 3.8) is 0 Å². The fourth-order valence-electron chi connectivity index (χ4n) is 3.02. The second-order valence-electron chi connectivity index (χ2n) is 6.36. The molecule has 0 saturated carbocycles. The maximum Gasteiger partial charge on any atom is 0.259 e. The Bertz CT molecular complexity index is 1250. The number of benzene rings is 3. The van der Waals surface area contributed by atoms with E-state index in [2.05, 4.69) is 10.3 Å². The largest absolute Gasteiger partial charge is 0.497 e. The Morgan fingerprint density at radius 2 is 1.87 bits per heavy atom. The van der Waals surface area contributed by atoms with Crippen LogP contribution in [0, 0.1) is 0 Å². The number of amides is 1. The molecule has 4 aromatic rings. The molecule has 0 aliphatic carbocycles. The Morgan fingerprint density at radius 1 is 1.03 bits per heavy atom. The van der Waals surface area contributed by atoms with E-state index in [0.717, 1.165) is 5.56 Å². The molecular weight excluding hydrogens is 427 g/mol. The lowest BCUT2D eigenvalue weighted by atomic mass is 10.1. The Kier molecular flexibility index (Phi) is 5.53. The number of nitrogens with one attached hydrogen (secondary N) is 1. The molecule has 0 fully saturated rings. The van der Waals surface area contributed by atoms with Gasteiger partial charge in [0.2, 0.25) is 5.89 Å². The van der Waals surface area contributed by atoms with Crippen LogP contribution in [0.4, 0.5) is 5.69 Å². The number of anilines is 1. The quantitative estimate of drug-likeness (QED) is 0.405. The molecule has 0 aliphatic rings. The first-order valence-electron chi connectivity index (χ1n) is 8.88. The monoisotopic (exact) mass is 442 g/mol. The highest BCUT2D eigenvalue weighted by molar-refractivity contribution is 6.36. The van der Waals surface area contributed by atoms with Crippen molar-refractivity contribution in [3.05, 3.63) is 70.2 Å². The van der Waals surface area contributed by atoms with Gasteiger partial charge in [-0.2, -0.15) is 0 Å². The van der Waals surface area contributed by atoms with E-state index < -0.39 is 5.91 Å². The topological polar surface area (TPSA) is 73.6 Å². The van der Waals surface area contributed by atoms with E-state index in [4.69, 9.17) is 37.1 Å². The van der Waals surface area contributed by atoms with Crippen LogP contribution in [0.5, 0.6) is 11.5 Å². The third kappa shape index (κ3) is 3.92. The minimum atomic E-state index is -0.410. The van der Waals surface area contributed by atoms with Crippen LogP contribution in [0.2, 0.25) is 10.0 Å². The maximum absolute atomic E-state index is 12.8. The number of halogens is 2. The summed E-state index contributed by atoms with van der Waals surface area (Å²) in [5.74, 6) is 1.00. The van der Waals surface area contributed by atoms with E-state index in [9.17, 15) is 4.79 Å². The summed E-state index contributed by atoms with van der Waals surface area (Å²) >= 11 is 12.2. The summed E-state index contributed by atoms with van der Waals surface area (Å²) in [5, 5.41) is 3.40. The van der Waals surface area contributed by atoms with Crippen LogP contribution in [0.25, 0.3) is 22.6 Å². The lowest BCUT2D eigenvalue weighted by molar-refractivity contribution is 0.102. The number of hydrogen-bond donors (Lipinski definition) is 1. The number of carbonyl (C=O) groups is 1. The van der Waals surface area contributed by atoms with Gasteiger partial charge in [-0.05, 0) is 48.5 Å². The number of aromatic nitrogens is 1. The molecule has 0 bridgehead atoms. The van der Waals surface area contributed by atoms with E-state index in [1.54, 1.807) is 25.3 Å². The van der Waals surface area contributed by atoms with Crippen LogP contribution in [0.1, 0.15) is 10.4 Å². The molecular formula is C22H16Cl2N2O4. The van der Waals surface area contributed by atoms with Gasteiger partial charge < -0.3 is 19.2 Å². The zero-order valence-electron chi connectivity index (χ0n) is 16.0. The van der Waals surface area contributed by atoms with Gasteiger partial charge in [-0.1, -0.05) is 29.3 Å². The summed E-state index contributed by atoms with van der Waals surface area (Å²) in [6, 6.07) is 15.6. The second-order valence-corrected chi connectivity index (χ2v) is 7.20. The number of oxazole rings is 1. The van der Waals surface area contributed by atoms with E-state index in [1.165, 1.54) is 19.2 Å². The van der Waals surface area contributed by atoms with Crippen molar-refractivity contribution in [2.24, 2.45) is 0 Å². The number of hydrogen-bond acceptors (Lipinski definition) is 5. The fourth-order valence-corrected chi connectivity index (χ4v) is 3.59. The van der Waals surface area contributed by atoms with Crippen LogP contribution in [-0.2, 0) is 0 Å². The Hall–Kier alpha value is -3.22. The molecule has 0 aliphatic heterocycles. The van der Waals surface area contributed by atoms with Crippen molar-refractivity contribution < 1.29 is 18.7 Å². The summed E-state index contributed by atoms with van der Waals surface area (Å²) in [5.41, 5.74) is 2.74. The summed E-state index contributed by atoms with van der Waals surface area (Å²) in [4.78, 5) is 17.3. The van der Waals surface area contributed by atoms with E-state index >= 15 is 0 Å². The molecule has 1 aromatic heterocycles. The number of fused-ring (bicyclic) bond motifs is 1. The molecule has 3 aromatic carbocycles. The van der Waals surface area contributed by atoms with Crippen molar-refractivity contribution in [1.82, 2.24) is 4.98 Å². The highest BCUT2D eigenvalue weighted by Gasteiger charge is 2.18. The zero-order valence-corrected chi connectivity index (χ0v) is 17.5. The first-order chi connectivity index (χ1) is 14.5. The predicted molar refractivity (Wildman–Crippen MR) is 117 cm³/mol. The smallest absolute Gasteiger partial charge is 0.259 e. The highest BCUT2D eigenvalue weighted by Crippen LogP contribution is 2.33. The van der Waals surface area contributed by atoms with Gasteiger partial charge in [-0.15, -0.1) is 0 Å². The average Bonchev–Trinajstić information content (AvgIpc) is 3.16. The first-order valence-corrected chi connectivity index (χ1v) is 9.63. The van der Waals surface area contributed by atoms with E-state index in [0.29, 0.717) is 33.4 Å². The van der Waals surface area contributed by atoms with Crippen molar-refractivity contribution in [1.29, 1.82) is 0 Å². The molecule has 8 heteroatoms. The number of rotatable bonds is 5. The zero-order chi connectivity index (χ0) is 21.3. The summed E-state index contributed by atoms with van der Waals surface area (Å²) in [7, 11) is 3.04. The van der Waals surface area contributed by atoms with Gasteiger partial charge in [0, 0.05) is 16.3 Å². The van der Waals surface area contributed by atoms with Gasteiger partial charge in [0.25, 0.3) is 5.91 Å². The van der Waals surface area contributed by atoms with Crippen molar-refractivity contribution in [3.8, 4) is 23.0 Å². The third-order valence-corrected chi connectivity index (χ3v) is 4.92. The highest BCUT2D eigenvalue weighted by atomic mass is 35.5. The van der Waals surface area contributed by atoms with Crippen LogP contribution in [0.3, 0.4) is 0 Å². The van der Waals surface area contributed by atoms with Gasteiger partial charge in [0.15, 0.2) is 5.58 Å². The van der Waals surface area contributed by atoms with Crippen molar-refractivity contribution >= 4 is 45.9 Å². The van der Waals surface area contributed by atoms with Crippen molar-refractivity contribution in [2.45, 2.75) is 0 Å². The Labute approximate surface area is 182 Å². The third-order valence-electron chi connectivity index (χ3n) is 4.42. The molecule has 0 atom stereocenters. The van der Waals surface area contributed by atoms with E-state index in [-0.39, 0.29) is 16.3 Å². The van der Waals surface area contributed by atoms with Gasteiger partial charge >= 0.3 is 0 Å². The lowest BCUT2D eigenvalue weighted by Crippen LogP contribution is -2.13. The fraction of sp³-hybridized carbons (Fsp3) is 0.0909. The molecule has 0 unspecified atom stereocenters. The van der Waals surface area contributed by atoms with Crippen LogP contribution in [-0.4, -0.2) is 25.1 Å². The molecule has 1 amide bonds. The molecule has 6 nitrogen and oxygen atoms in total. The molecule has 0 radical (unpaired) electrons. The SMILES string of the molecule is COc1cccc(-c2nc3cc(NC(=O)c4cc(Cl)cc(Cl)c4OC)ccc3o2)c1. The number of ether oxygens (including phenoxy) is 2. The first kappa shape index (κ1) is 20.1. The summed E-state index contributed by atoms with van der Waals surface area (Å²) < 4.78 is 16.3. The van der Waals surface area contributed by atoms with Crippen LogP contribution >= 0.6 is 23.2 Å². The molecule has 152 valence electrons. The van der Waals surface area contributed by atoms with Gasteiger partial charge in [0.1, 0.15) is 17.0 Å². The normalized spacial score (nSPS) is 10.8. The van der Waals surface area contributed by atoms with E-state index in [1.807, 2.05) is 24.3 Å². The molecule has 1 heterocycles. The standard InChI is InChI=1S/C22H16Cl2N2O4/c1-28-15-5-3-4-12(8-15)22-26-18-11-14(6-7-19(18)30-22)25-21(27)16-9-13(23)10-17(24)20(16)29-2/h3-11H,1-2H3,(H,25,27). The van der Waals surface area contributed by atoms with Gasteiger partial charge in [0.05, 0.1) is 24.8 Å². The lowest BCUT2D eigenvalue weighted by Gasteiger charge is -2.11. The Morgan fingerprint density at radius 3 is 2.63 bits per heavy atom. The average molecular weight is 443 g/mol. The minimum Gasteiger partial charge on any atom is -0.497 e. The molecule has 30 heavy (non-hydrogen) atoms. The minimum absolute atomic E-state index is 0.229. The van der Waals surface area contributed by atoms with Crippen LogP contribution < -0.4 is 14.8 Å². The second kappa shape index (κ2) is 8.26. The molecule has 1 N–H and O–H groups in total. The summed E-state index contributed by atoms with van der Waals surface area (Å²) in [6.45, 7) is 0. The Balaban J connectivity index is 1.64. The van der Waals surface area contributed by atoms with Crippen molar-refractivity contribution in [2.75, 3.05) is 19.5 Å². The molecule has 0 saturated heterocycles. The van der Waals surface area contributed by atoms with Crippen LogP contribution in [0.15, 0.2) is 59.0 Å². The number of nitrogens with zero attached hydrogens (tertiary/aromatic N) is 1. The predicted octanol–water partition coefficient (Wildman–Crippen LogP) is 6.07. The molecule has 4 rings (SSSR count). The number of methoxy groups -OCH3 is 2. The van der Waals surface area contributed by atoms with Gasteiger partial charge in [-0.3, -0.25) is 4.79 Å².